The Morgan fingerprint density at radius 2 is 1.38 bits per heavy atom. The SMILES string of the molecule is CCSC[C@H](CC(C)=O)C(=O)N(CCCNC(=O)[C@H](N)CN)CCCNC(=O)[C@@H](N)CN. The first-order chi connectivity index (χ1) is 15.2. The topological polar surface area (TPSA) is 200 Å². The molecule has 0 unspecified atom stereocenters. The van der Waals surface area contributed by atoms with Crippen molar-refractivity contribution >= 4 is 35.3 Å². The Bertz CT molecular complexity index is 564. The molecule has 0 saturated carbocycles. The van der Waals surface area contributed by atoms with E-state index in [9.17, 15) is 19.2 Å². The first kappa shape index (κ1) is 30.3. The van der Waals surface area contributed by atoms with Gasteiger partial charge in [0.05, 0.1) is 18.0 Å². The minimum absolute atomic E-state index is 0.0360. The van der Waals surface area contributed by atoms with Crippen LogP contribution in [0.25, 0.3) is 0 Å². The van der Waals surface area contributed by atoms with E-state index in [-0.39, 0.29) is 43.0 Å². The number of hydrogen-bond donors (Lipinski definition) is 6. The number of amides is 3. The van der Waals surface area contributed by atoms with Crippen molar-refractivity contribution < 1.29 is 19.2 Å². The van der Waals surface area contributed by atoms with Crippen molar-refractivity contribution in [1.82, 2.24) is 15.5 Å². The summed E-state index contributed by atoms with van der Waals surface area (Å²) in [5.74, 6) is 0.203. The number of carbonyl (C=O) groups is 4. The summed E-state index contributed by atoms with van der Waals surface area (Å²) in [7, 11) is 0. The van der Waals surface area contributed by atoms with Crippen LogP contribution in [0.3, 0.4) is 0 Å². The number of Topliss-reactive ketones (excluding diaryl/α,β-unsaturated/α-hetero) is 1. The predicted octanol–water partition coefficient (Wildman–Crippen LogP) is -2.25. The van der Waals surface area contributed by atoms with Crippen LogP contribution in [0.2, 0.25) is 0 Å². The fraction of sp³-hybridized carbons (Fsp3) is 0.800. The van der Waals surface area contributed by atoms with Crippen LogP contribution in [-0.2, 0) is 19.2 Å². The maximum Gasteiger partial charge on any atom is 0.238 e. The Balaban J connectivity index is 4.94. The van der Waals surface area contributed by atoms with Gasteiger partial charge in [0, 0.05) is 51.4 Å². The molecule has 0 aromatic heterocycles. The van der Waals surface area contributed by atoms with Crippen LogP contribution < -0.4 is 33.6 Å². The molecule has 0 aliphatic heterocycles. The van der Waals surface area contributed by atoms with Gasteiger partial charge in [0.1, 0.15) is 5.78 Å². The van der Waals surface area contributed by atoms with Gasteiger partial charge in [-0.2, -0.15) is 11.8 Å². The van der Waals surface area contributed by atoms with E-state index in [1.807, 2.05) is 6.92 Å². The van der Waals surface area contributed by atoms with Crippen LogP contribution in [0, 0.1) is 5.92 Å². The molecular weight excluding hydrogens is 434 g/mol. The smallest absolute Gasteiger partial charge is 0.238 e. The summed E-state index contributed by atoms with van der Waals surface area (Å²) in [6.45, 7) is 5.08. The van der Waals surface area contributed by atoms with Gasteiger partial charge in [0.15, 0.2) is 0 Å². The third-order valence-electron chi connectivity index (χ3n) is 4.71. The zero-order valence-electron chi connectivity index (χ0n) is 19.3. The first-order valence-corrected chi connectivity index (χ1v) is 12.2. The molecule has 0 rings (SSSR count). The lowest BCUT2D eigenvalue weighted by atomic mass is 10.0. The summed E-state index contributed by atoms with van der Waals surface area (Å²) in [5.41, 5.74) is 21.9. The normalized spacial score (nSPS) is 13.7. The van der Waals surface area contributed by atoms with Gasteiger partial charge >= 0.3 is 0 Å². The third kappa shape index (κ3) is 13.0. The molecule has 12 heteroatoms. The highest BCUT2D eigenvalue weighted by Gasteiger charge is 2.25. The average Bonchev–Trinajstić information content (AvgIpc) is 2.78. The van der Waals surface area contributed by atoms with Crippen molar-refractivity contribution in [2.45, 2.75) is 45.2 Å². The molecule has 3 atom stereocenters. The molecule has 186 valence electrons. The largest absolute Gasteiger partial charge is 0.355 e. The lowest BCUT2D eigenvalue weighted by molar-refractivity contribution is -0.137. The molecule has 11 nitrogen and oxygen atoms in total. The van der Waals surface area contributed by atoms with Gasteiger partial charge in [-0.25, -0.2) is 0 Å². The van der Waals surface area contributed by atoms with Crippen molar-refractivity contribution in [3.8, 4) is 0 Å². The number of nitrogens with one attached hydrogen (secondary N) is 2. The van der Waals surface area contributed by atoms with E-state index < -0.39 is 18.0 Å². The van der Waals surface area contributed by atoms with Crippen molar-refractivity contribution in [1.29, 1.82) is 0 Å². The quantitative estimate of drug-likeness (QED) is 0.118. The van der Waals surface area contributed by atoms with Crippen LogP contribution in [0.15, 0.2) is 0 Å². The minimum atomic E-state index is -0.762. The number of hydrogen-bond acceptors (Lipinski definition) is 9. The second-order valence-electron chi connectivity index (χ2n) is 7.56. The molecule has 0 aliphatic carbocycles. The highest BCUT2D eigenvalue weighted by molar-refractivity contribution is 7.99. The number of ketones is 1. The molecule has 0 spiro atoms. The van der Waals surface area contributed by atoms with Crippen molar-refractivity contribution in [2.75, 3.05) is 50.8 Å². The first-order valence-electron chi connectivity index (χ1n) is 11.0. The molecule has 0 aromatic rings. The fourth-order valence-electron chi connectivity index (χ4n) is 2.85. The van der Waals surface area contributed by atoms with E-state index in [2.05, 4.69) is 10.6 Å². The molecule has 0 radical (unpaired) electrons. The van der Waals surface area contributed by atoms with Crippen molar-refractivity contribution in [3.05, 3.63) is 0 Å². The van der Waals surface area contributed by atoms with Crippen LogP contribution in [-0.4, -0.2) is 91.3 Å². The Kier molecular flexibility index (Phi) is 16.8. The van der Waals surface area contributed by atoms with E-state index in [0.717, 1.165) is 5.75 Å². The second kappa shape index (κ2) is 17.8. The summed E-state index contributed by atoms with van der Waals surface area (Å²) in [4.78, 5) is 50.0. The number of carbonyl (C=O) groups excluding carboxylic acids is 4. The maximum absolute atomic E-state index is 13.2. The fourth-order valence-corrected chi connectivity index (χ4v) is 3.63. The molecule has 10 N–H and O–H groups in total. The van der Waals surface area contributed by atoms with E-state index in [1.54, 1.807) is 16.7 Å². The summed E-state index contributed by atoms with van der Waals surface area (Å²) in [6, 6.07) is -1.52. The molecule has 32 heavy (non-hydrogen) atoms. The standard InChI is InChI=1S/C20H41N7O4S/c1-3-32-13-15(10-14(2)28)20(31)27(8-4-6-25-18(29)16(23)11-21)9-5-7-26-19(30)17(24)12-22/h15-17H,3-13,21-24H2,1-2H3,(H,25,29)(H,26,30)/t15-,16-,17+/m0/s1. The van der Waals surface area contributed by atoms with Gasteiger partial charge in [0.25, 0.3) is 0 Å². The van der Waals surface area contributed by atoms with Crippen molar-refractivity contribution in [2.24, 2.45) is 28.9 Å². The van der Waals surface area contributed by atoms with Crippen LogP contribution >= 0.6 is 11.8 Å². The average molecular weight is 476 g/mol. The molecule has 0 bridgehead atoms. The highest BCUT2D eigenvalue weighted by Crippen LogP contribution is 2.16. The summed E-state index contributed by atoms with van der Waals surface area (Å²) < 4.78 is 0. The zero-order valence-corrected chi connectivity index (χ0v) is 20.1. The van der Waals surface area contributed by atoms with Gasteiger partial charge < -0.3 is 43.3 Å². The number of nitrogens with two attached hydrogens (primary N) is 4. The summed E-state index contributed by atoms with van der Waals surface area (Å²) in [5, 5.41) is 5.40. The Morgan fingerprint density at radius 3 is 1.75 bits per heavy atom. The van der Waals surface area contributed by atoms with Gasteiger partial charge in [0.2, 0.25) is 17.7 Å². The predicted molar refractivity (Wildman–Crippen MR) is 128 cm³/mol. The lowest BCUT2D eigenvalue weighted by Gasteiger charge is -2.27. The molecule has 0 aliphatic rings. The Labute approximate surface area is 195 Å². The molecule has 3 amide bonds. The van der Waals surface area contributed by atoms with Gasteiger partial charge in [-0.3, -0.25) is 14.4 Å². The minimum Gasteiger partial charge on any atom is -0.355 e. The maximum atomic E-state index is 13.2. The van der Waals surface area contributed by atoms with Crippen LogP contribution in [0.5, 0.6) is 0 Å². The van der Waals surface area contributed by atoms with E-state index in [0.29, 0.717) is 44.8 Å². The molecule has 0 aromatic carbocycles. The number of nitrogens with zero attached hydrogens (tertiary/aromatic N) is 1. The number of thioether (sulfide) groups is 1. The van der Waals surface area contributed by atoms with E-state index in [1.165, 1.54) is 6.92 Å². The Morgan fingerprint density at radius 1 is 0.906 bits per heavy atom. The molecular formula is C20H41N7O4S. The van der Waals surface area contributed by atoms with E-state index in [4.69, 9.17) is 22.9 Å². The lowest BCUT2D eigenvalue weighted by Crippen LogP contribution is -2.47. The number of rotatable bonds is 18. The van der Waals surface area contributed by atoms with Crippen molar-refractivity contribution in [3.63, 3.8) is 0 Å². The van der Waals surface area contributed by atoms with Crippen LogP contribution in [0.1, 0.15) is 33.1 Å². The highest BCUT2D eigenvalue weighted by atomic mass is 32.2. The van der Waals surface area contributed by atoms with Gasteiger partial charge in [-0.1, -0.05) is 6.92 Å². The monoisotopic (exact) mass is 475 g/mol. The second-order valence-corrected chi connectivity index (χ2v) is 8.88. The van der Waals surface area contributed by atoms with Crippen LogP contribution in [0.4, 0.5) is 0 Å². The Hall–Kier alpha value is -1.73. The van der Waals surface area contributed by atoms with E-state index >= 15 is 0 Å². The molecule has 0 saturated heterocycles. The van der Waals surface area contributed by atoms with Gasteiger partial charge in [-0.05, 0) is 25.5 Å². The third-order valence-corrected chi connectivity index (χ3v) is 5.75. The molecule has 0 heterocycles. The molecule has 0 fully saturated rings. The summed E-state index contributed by atoms with van der Waals surface area (Å²) in [6.07, 6.45) is 1.23. The zero-order chi connectivity index (χ0) is 24.5. The van der Waals surface area contributed by atoms with Gasteiger partial charge in [-0.15, -0.1) is 0 Å². The summed E-state index contributed by atoms with van der Waals surface area (Å²) >= 11 is 1.61.